The molecule has 2 fully saturated rings. The van der Waals surface area contributed by atoms with Gasteiger partial charge in [-0.3, -0.25) is 0 Å². The molecule has 0 aromatic carbocycles. The third-order valence-corrected chi connectivity index (χ3v) is 22.5. The molecule has 80 heavy (non-hydrogen) atoms. The van der Waals surface area contributed by atoms with E-state index in [-0.39, 0.29) is 86.7 Å². The molecule has 2 heterocycles. The first-order valence-electron chi connectivity index (χ1n) is 31.3. The SMILES string of the molecule is CC(C)C(C)C(C)C(C)C(C)C(O)C(C)C(C)C(C)C.[3H]C1CC(OP(=O)(OCCC#N)OC(C(C)C(C)C(C)C)C(C)C(C)C(C)C(C)C(C)C)C(CO[N]=[V])O1.[3H]C1CC(OP(OCCC#N)N(C(C)C)C(C)C)C(CO[N]=[V])O1. The van der Waals surface area contributed by atoms with E-state index in [2.05, 4.69) is 185 Å². The molecule has 0 aromatic heterocycles. The predicted octanol–water partition coefficient (Wildman–Crippen LogP) is 15.9. The van der Waals surface area contributed by atoms with Crippen molar-refractivity contribution < 1.29 is 88.7 Å². The van der Waals surface area contributed by atoms with Gasteiger partial charge in [-0.1, -0.05) is 111 Å². The number of nitriles is 2. The summed E-state index contributed by atoms with van der Waals surface area (Å²) in [6, 6.07) is 4.55. The van der Waals surface area contributed by atoms with Crippen LogP contribution >= 0.6 is 16.3 Å². The molecule has 16 nitrogen and oxygen atoms in total. The summed E-state index contributed by atoms with van der Waals surface area (Å²) in [7, 11) is -5.50. The monoisotopic (exact) mass is 1250 g/mol. The van der Waals surface area contributed by atoms with Crippen LogP contribution in [0, 0.1) is 117 Å². The van der Waals surface area contributed by atoms with Crippen LogP contribution in [-0.2, 0) is 80.8 Å². The van der Waals surface area contributed by atoms with Gasteiger partial charge in [0, 0.05) is 0 Å². The minimum atomic E-state index is -4.15. The molecule has 1 N–H and O–H groups in total. The second-order valence-corrected chi connectivity index (χ2v) is 28.8. The molecule has 0 saturated carbocycles. The molecular formula is C60H117N5O11P2V2. The van der Waals surface area contributed by atoms with Crippen LogP contribution in [0.25, 0.3) is 0 Å². The maximum atomic E-state index is 14.3. The molecule has 0 aliphatic carbocycles. The number of phosphoric acid groups is 1. The number of rotatable bonds is 37. The minimum absolute atomic E-state index is 0.0508. The van der Waals surface area contributed by atoms with Crippen LogP contribution in [-0.4, -0.2) is 98.1 Å². The zero-order valence-corrected chi connectivity index (χ0v) is 58.8. The summed E-state index contributed by atoms with van der Waals surface area (Å²) in [6.07, 6.45) is -1.62. The molecule has 22 unspecified atom stereocenters. The molecule has 0 bridgehead atoms. The summed E-state index contributed by atoms with van der Waals surface area (Å²) >= 11 is 3.94. The van der Waals surface area contributed by atoms with Crippen molar-refractivity contribution in [1.82, 2.24) is 4.67 Å². The van der Waals surface area contributed by atoms with Crippen LogP contribution in [0.4, 0.5) is 0 Å². The van der Waals surface area contributed by atoms with E-state index < -0.39 is 47.8 Å². The Labute approximate surface area is 512 Å². The first kappa shape index (κ1) is 76.1. The Kier molecular flexibility index (Phi) is 39.9. The van der Waals surface area contributed by atoms with Gasteiger partial charge < -0.3 is 5.11 Å². The number of hydrogen-bond acceptors (Lipinski definition) is 16. The standard InChI is InChI=1S/C27H51N2O6P.C19H40O.C14H26N3O4P.2V/c1-17(2)19(5)21(7)22(8)24(10)27(23(9)20(6)18(3)4)35-36(30,33-14-11-13-28)34-25-12-15-31-26(25)16-32-29;1-11(2)13(5)15(7)16(8)18(10)19(20)17(9)14(6)12(3)4;1-11(2)17(12(3)4)22(20-8-5-7-15)21-13-6-9-18-14(13)10-19-16;;/h17-27H,11-12,14-16H2,1-10H3;11-20H,1-10H3;11-14H,5-6,8-10H2,1-4H3;;/i15T;;9T;;. The van der Waals surface area contributed by atoms with Gasteiger partial charge in [0.05, 0.1) is 6.10 Å². The number of phosphoric ester groups is 1. The van der Waals surface area contributed by atoms with Crippen molar-refractivity contribution in [3.05, 3.63) is 0 Å². The molecule has 2 saturated heterocycles. The molecule has 0 amide bonds. The summed E-state index contributed by atoms with van der Waals surface area (Å²) < 4.78 is 80.9. The van der Waals surface area contributed by atoms with Gasteiger partial charge in [-0.25, -0.2) is 0 Å². The predicted molar refractivity (Wildman–Crippen MR) is 314 cm³/mol. The molecule has 0 aromatic rings. The topological polar surface area (TPSA) is 196 Å². The second-order valence-electron chi connectivity index (χ2n) is 25.3. The number of aliphatic hydroxyl groups excluding tert-OH is 1. The van der Waals surface area contributed by atoms with Crippen molar-refractivity contribution in [1.29, 1.82) is 10.5 Å². The number of ether oxygens (including phenoxy) is 2. The fourth-order valence-corrected chi connectivity index (χ4v) is 14.2. The van der Waals surface area contributed by atoms with Crippen molar-refractivity contribution >= 4 is 16.3 Å². The Balaban J connectivity index is 0.00000128. The molecule has 0 radical (unpaired) electrons. The van der Waals surface area contributed by atoms with Gasteiger partial charge in [-0.2, -0.15) is 0 Å². The molecule has 2 rings (SSSR count). The van der Waals surface area contributed by atoms with E-state index in [1.54, 1.807) is 0 Å². The quantitative estimate of drug-likeness (QED) is 0.0350. The average Bonchev–Trinajstić information content (AvgIpc) is 4.05. The van der Waals surface area contributed by atoms with E-state index >= 15 is 0 Å². The number of hydrogen-bond donors (Lipinski definition) is 1. The van der Waals surface area contributed by atoms with Crippen LogP contribution in [0.5, 0.6) is 0 Å². The van der Waals surface area contributed by atoms with Crippen molar-refractivity contribution in [3.63, 3.8) is 0 Å². The van der Waals surface area contributed by atoms with Crippen molar-refractivity contribution in [2.24, 2.45) is 103 Å². The molecule has 468 valence electrons. The van der Waals surface area contributed by atoms with Gasteiger partial charge in [-0.15, -0.1) is 0 Å². The van der Waals surface area contributed by atoms with Gasteiger partial charge in [-0.05, 0) is 59.2 Å². The number of nitrogens with zero attached hydrogens (tertiary/aromatic N) is 5. The molecule has 0 spiro atoms. The first-order valence-corrected chi connectivity index (χ1v) is 33.9. The average molecular weight is 1250 g/mol. The molecular weight excluding hydrogens is 1130 g/mol. The summed E-state index contributed by atoms with van der Waals surface area (Å²) in [5.74, 6) is 7.12. The molecule has 2 aliphatic rings. The zero-order chi connectivity index (χ0) is 63.5. The Morgan fingerprint density at radius 1 is 0.588 bits per heavy atom. The van der Waals surface area contributed by atoms with Crippen LogP contribution in [0.1, 0.15) is 195 Å². The van der Waals surface area contributed by atoms with E-state index in [1.165, 1.54) is 0 Å². The Morgan fingerprint density at radius 2 is 0.950 bits per heavy atom. The Hall–Kier alpha value is -0.0312. The first-order chi connectivity index (χ1) is 38.1. The fourth-order valence-electron chi connectivity index (χ4n) is 10.5. The van der Waals surface area contributed by atoms with Gasteiger partial charge in [0.25, 0.3) is 0 Å². The maximum absolute atomic E-state index is 14.3. The van der Waals surface area contributed by atoms with Gasteiger partial charge in [0.15, 0.2) is 0 Å². The summed E-state index contributed by atoms with van der Waals surface area (Å²) in [6.45, 7) is 52.4. The van der Waals surface area contributed by atoms with E-state index in [4.69, 9.17) is 55.0 Å². The molecule has 2 aliphatic heterocycles. The molecule has 20 heteroatoms. The van der Waals surface area contributed by atoms with Gasteiger partial charge in [0.1, 0.15) is 0 Å². The van der Waals surface area contributed by atoms with Gasteiger partial charge in [0.2, 0.25) is 0 Å². The van der Waals surface area contributed by atoms with E-state index in [1.807, 2.05) is 40.5 Å². The van der Waals surface area contributed by atoms with Crippen molar-refractivity contribution in [2.45, 2.75) is 241 Å². The summed E-state index contributed by atoms with van der Waals surface area (Å²) in [5.41, 5.74) is 0. The van der Waals surface area contributed by atoms with Crippen LogP contribution < -0.4 is 0 Å². The Bertz CT molecular complexity index is 1850. The van der Waals surface area contributed by atoms with E-state index in [9.17, 15) is 9.67 Å². The van der Waals surface area contributed by atoms with Gasteiger partial charge >= 0.3 is 334 Å². The third kappa shape index (κ3) is 27.8. The van der Waals surface area contributed by atoms with E-state index in [0.29, 0.717) is 90.5 Å². The van der Waals surface area contributed by atoms with Crippen LogP contribution in [0.15, 0.2) is 7.91 Å². The van der Waals surface area contributed by atoms with Crippen molar-refractivity contribution in [3.8, 4) is 12.1 Å². The van der Waals surface area contributed by atoms with Crippen molar-refractivity contribution in [2.75, 3.05) is 39.6 Å². The number of aliphatic hydroxyl groups is 1. The summed E-state index contributed by atoms with van der Waals surface area (Å²) in [4.78, 5) is 10.2. The third-order valence-electron chi connectivity index (χ3n) is 18.4. The zero-order valence-electron chi connectivity index (χ0n) is 56.2. The molecule has 22 atom stereocenters. The Morgan fingerprint density at radius 3 is 1.38 bits per heavy atom. The summed E-state index contributed by atoms with van der Waals surface area (Å²) in [5, 5.41) is 28.6. The normalized spacial score (nSPS) is 26.4. The van der Waals surface area contributed by atoms with Crippen LogP contribution in [0.3, 0.4) is 0 Å². The fraction of sp³-hybridized carbons (Fsp3) is 0.967. The second kappa shape index (κ2) is 42.0. The van der Waals surface area contributed by atoms with Crippen LogP contribution in [0.2, 0.25) is 0 Å². The van der Waals surface area contributed by atoms with E-state index in [0.717, 1.165) is 0 Å².